The third kappa shape index (κ3) is 2.82. The number of nitrogens with one attached hydrogen (secondary N) is 1. The summed E-state index contributed by atoms with van der Waals surface area (Å²) in [4.78, 5) is 0. The largest absolute Gasteiger partial charge is 0.506 e. The molecule has 2 N–H and O–H groups in total. The van der Waals surface area contributed by atoms with E-state index in [1.807, 2.05) is 0 Å². The summed E-state index contributed by atoms with van der Waals surface area (Å²) >= 11 is 11.7. The zero-order valence-electron chi connectivity index (χ0n) is 9.13. The van der Waals surface area contributed by atoms with Crippen LogP contribution < -0.4 is 5.32 Å². The zero-order valence-corrected chi connectivity index (χ0v) is 10.6. The van der Waals surface area contributed by atoms with Gasteiger partial charge in [0.2, 0.25) is 0 Å². The zero-order chi connectivity index (χ0) is 11.7. The molecule has 4 heteroatoms. The summed E-state index contributed by atoms with van der Waals surface area (Å²) in [6.07, 6.45) is 1.30. The van der Waals surface area contributed by atoms with Crippen LogP contribution >= 0.6 is 23.2 Å². The first-order chi connectivity index (χ1) is 7.58. The molecule has 2 nitrogen and oxygen atoms in total. The first kappa shape index (κ1) is 12.0. The van der Waals surface area contributed by atoms with Crippen LogP contribution in [0, 0.1) is 11.8 Å². The van der Waals surface area contributed by atoms with Crippen molar-refractivity contribution < 1.29 is 5.11 Å². The minimum absolute atomic E-state index is 0.127. The van der Waals surface area contributed by atoms with Crippen molar-refractivity contribution in [1.82, 2.24) is 5.32 Å². The van der Waals surface area contributed by atoms with Crippen LogP contribution in [0.1, 0.15) is 18.9 Å². The monoisotopic (exact) mass is 259 g/mol. The maximum absolute atomic E-state index is 9.72. The number of phenolic OH excluding ortho intramolecular Hbond substituents is 1. The molecule has 2 unspecified atom stereocenters. The van der Waals surface area contributed by atoms with Crippen molar-refractivity contribution in [3.05, 3.63) is 27.7 Å². The van der Waals surface area contributed by atoms with Crippen LogP contribution in [-0.2, 0) is 6.54 Å². The average Bonchev–Trinajstić information content (AvgIpc) is 2.90. The van der Waals surface area contributed by atoms with E-state index < -0.39 is 0 Å². The predicted octanol–water partition coefficient (Wildman–Crippen LogP) is 3.44. The molecule has 0 bridgehead atoms. The molecule has 0 amide bonds. The Morgan fingerprint density at radius 2 is 2.12 bits per heavy atom. The van der Waals surface area contributed by atoms with Crippen LogP contribution in [0.3, 0.4) is 0 Å². The third-order valence-electron chi connectivity index (χ3n) is 3.11. The van der Waals surface area contributed by atoms with Gasteiger partial charge in [-0.15, -0.1) is 0 Å². The summed E-state index contributed by atoms with van der Waals surface area (Å²) in [7, 11) is 0. The molecule has 88 valence electrons. The second-order valence-electron chi connectivity index (χ2n) is 4.50. The Morgan fingerprint density at radius 3 is 2.75 bits per heavy atom. The topological polar surface area (TPSA) is 32.3 Å². The predicted molar refractivity (Wildman–Crippen MR) is 67.1 cm³/mol. The lowest BCUT2D eigenvalue weighted by Crippen LogP contribution is -2.16. The lowest BCUT2D eigenvalue weighted by atomic mass is 10.2. The quantitative estimate of drug-likeness (QED) is 0.869. The van der Waals surface area contributed by atoms with Crippen LogP contribution in [-0.4, -0.2) is 11.7 Å². The van der Waals surface area contributed by atoms with Crippen molar-refractivity contribution >= 4 is 23.2 Å². The Morgan fingerprint density at radius 1 is 1.44 bits per heavy atom. The molecule has 0 aromatic heterocycles. The molecular formula is C12H15Cl2NO. The van der Waals surface area contributed by atoms with Gasteiger partial charge in [0.25, 0.3) is 0 Å². The van der Waals surface area contributed by atoms with Crippen molar-refractivity contribution in [3.63, 3.8) is 0 Å². The molecule has 0 spiro atoms. The molecule has 16 heavy (non-hydrogen) atoms. The number of halogens is 2. The van der Waals surface area contributed by atoms with Gasteiger partial charge in [0.15, 0.2) is 0 Å². The molecule has 1 aromatic carbocycles. The van der Waals surface area contributed by atoms with Crippen LogP contribution in [0.25, 0.3) is 0 Å². The molecule has 1 aliphatic carbocycles. The van der Waals surface area contributed by atoms with Crippen molar-refractivity contribution in [3.8, 4) is 5.75 Å². The summed E-state index contributed by atoms with van der Waals surface area (Å²) in [5, 5.41) is 13.9. The third-order valence-corrected chi connectivity index (χ3v) is 3.61. The summed E-state index contributed by atoms with van der Waals surface area (Å²) in [5.74, 6) is 1.75. The van der Waals surface area contributed by atoms with Crippen LogP contribution in [0.2, 0.25) is 10.0 Å². The maximum Gasteiger partial charge on any atom is 0.138 e. The number of aromatic hydroxyl groups is 1. The Kier molecular flexibility index (Phi) is 3.63. The fourth-order valence-electron chi connectivity index (χ4n) is 1.83. The second kappa shape index (κ2) is 4.82. The van der Waals surface area contributed by atoms with E-state index in [0.717, 1.165) is 23.9 Å². The highest BCUT2D eigenvalue weighted by Gasteiger charge is 2.31. The fraction of sp³-hybridized carbons (Fsp3) is 0.500. The Balaban J connectivity index is 1.93. The molecule has 0 aliphatic heterocycles. The van der Waals surface area contributed by atoms with Gasteiger partial charge in [0.05, 0.1) is 5.02 Å². The van der Waals surface area contributed by atoms with E-state index >= 15 is 0 Å². The van der Waals surface area contributed by atoms with Crippen LogP contribution in [0.15, 0.2) is 12.1 Å². The number of rotatable bonds is 4. The molecule has 0 heterocycles. The fourth-order valence-corrected chi connectivity index (χ4v) is 2.37. The second-order valence-corrected chi connectivity index (χ2v) is 5.34. The smallest absolute Gasteiger partial charge is 0.138 e. The Bertz CT molecular complexity index is 395. The van der Waals surface area contributed by atoms with Crippen LogP contribution in [0.5, 0.6) is 5.75 Å². The van der Waals surface area contributed by atoms with Crippen molar-refractivity contribution in [2.75, 3.05) is 6.54 Å². The Labute approximate surface area is 106 Å². The van der Waals surface area contributed by atoms with Gasteiger partial charge in [-0.25, -0.2) is 0 Å². The molecule has 1 aromatic rings. The van der Waals surface area contributed by atoms with E-state index in [1.165, 1.54) is 6.42 Å². The first-order valence-corrected chi connectivity index (χ1v) is 6.21. The van der Waals surface area contributed by atoms with Gasteiger partial charge in [-0.1, -0.05) is 30.1 Å². The summed E-state index contributed by atoms with van der Waals surface area (Å²) < 4.78 is 0. The minimum atomic E-state index is 0.127. The highest BCUT2D eigenvalue weighted by molar-refractivity contribution is 6.35. The molecular weight excluding hydrogens is 245 g/mol. The van der Waals surface area contributed by atoms with E-state index in [9.17, 15) is 5.11 Å². The number of hydrogen-bond donors (Lipinski definition) is 2. The van der Waals surface area contributed by atoms with Crippen molar-refractivity contribution in [2.45, 2.75) is 19.9 Å². The van der Waals surface area contributed by atoms with E-state index in [2.05, 4.69) is 12.2 Å². The van der Waals surface area contributed by atoms with Crippen LogP contribution in [0.4, 0.5) is 0 Å². The minimum Gasteiger partial charge on any atom is -0.506 e. The standard InChI is InChI=1S/C12H15Cl2NO/c1-7-2-8(7)5-15-6-9-3-10(13)4-11(14)12(9)16/h3-4,7-8,15-16H,2,5-6H2,1H3. The summed E-state index contributed by atoms with van der Waals surface area (Å²) in [6.45, 7) is 3.85. The lowest BCUT2D eigenvalue weighted by Gasteiger charge is -2.08. The van der Waals surface area contributed by atoms with E-state index in [0.29, 0.717) is 16.6 Å². The van der Waals surface area contributed by atoms with Gasteiger partial charge in [0.1, 0.15) is 5.75 Å². The van der Waals surface area contributed by atoms with E-state index in [4.69, 9.17) is 23.2 Å². The molecule has 1 saturated carbocycles. The van der Waals surface area contributed by atoms with Gasteiger partial charge in [-0.3, -0.25) is 0 Å². The highest BCUT2D eigenvalue weighted by atomic mass is 35.5. The molecule has 2 atom stereocenters. The van der Waals surface area contributed by atoms with Gasteiger partial charge in [-0.2, -0.15) is 0 Å². The molecule has 2 rings (SSSR count). The van der Waals surface area contributed by atoms with Gasteiger partial charge >= 0.3 is 0 Å². The van der Waals surface area contributed by atoms with E-state index in [-0.39, 0.29) is 5.75 Å². The van der Waals surface area contributed by atoms with Gasteiger partial charge in [-0.05, 0) is 36.9 Å². The normalized spacial score (nSPS) is 23.4. The molecule has 0 radical (unpaired) electrons. The number of benzene rings is 1. The maximum atomic E-state index is 9.72. The SMILES string of the molecule is CC1CC1CNCc1cc(Cl)cc(Cl)c1O. The Hall–Kier alpha value is -0.440. The first-order valence-electron chi connectivity index (χ1n) is 5.45. The summed E-state index contributed by atoms with van der Waals surface area (Å²) in [5.41, 5.74) is 0.755. The van der Waals surface area contributed by atoms with Crippen molar-refractivity contribution in [2.24, 2.45) is 11.8 Å². The average molecular weight is 260 g/mol. The van der Waals surface area contributed by atoms with Gasteiger partial charge < -0.3 is 10.4 Å². The molecule has 1 fully saturated rings. The lowest BCUT2D eigenvalue weighted by molar-refractivity contribution is 0.463. The molecule has 0 saturated heterocycles. The van der Waals surface area contributed by atoms with Gasteiger partial charge in [0, 0.05) is 17.1 Å². The summed E-state index contributed by atoms with van der Waals surface area (Å²) in [6, 6.07) is 3.29. The molecule has 1 aliphatic rings. The number of hydrogen-bond acceptors (Lipinski definition) is 2. The number of phenols is 1. The van der Waals surface area contributed by atoms with E-state index in [1.54, 1.807) is 12.1 Å². The van der Waals surface area contributed by atoms with Crippen molar-refractivity contribution in [1.29, 1.82) is 0 Å². The highest BCUT2D eigenvalue weighted by Crippen LogP contribution is 2.37.